The molecular weight excluding hydrogens is 263 g/mol. The van der Waals surface area contributed by atoms with E-state index in [0.717, 1.165) is 36.7 Å². The van der Waals surface area contributed by atoms with Gasteiger partial charge >= 0.3 is 0 Å². The van der Waals surface area contributed by atoms with Gasteiger partial charge in [-0.2, -0.15) is 0 Å². The van der Waals surface area contributed by atoms with E-state index >= 15 is 0 Å². The van der Waals surface area contributed by atoms with Gasteiger partial charge in [0, 0.05) is 30.4 Å². The summed E-state index contributed by atoms with van der Waals surface area (Å²) in [6.07, 6.45) is 6.48. The number of halogens is 1. The van der Waals surface area contributed by atoms with Crippen LogP contribution in [0.2, 0.25) is 0 Å². The van der Waals surface area contributed by atoms with Crippen LogP contribution in [0.15, 0.2) is 18.2 Å². The largest absolute Gasteiger partial charge is 0.371 e. The molecule has 1 aliphatic rings. The van der Waals surface area contributed by atoms with Crippen molar-refractivity contribution in [1.82, 2.24) is 0 Å². The molecule has 3 heteroatoms. The van der Waals surface area contributed by atoms with Crippen LogP contribution >= 0.6 is 0 Å². The average Bonchev–Trinajstić information content (AvgIpc) is 2.74. The van der Waals surface area contributed by atoms with Crippen molar-refractivity contribution >= 4 is 5.69 Å². The normalized spacial score (nSPS) is 21.1. The van der Waals surface area contributed by atoms with Gasteiger partial charge in [0.1, 0.15) is 5.82 Å². The van der Waals surface area contributed by atoms with Crippen LogP contribution in [-0.4, -0.2) is 19.1 Å². The van der Waals surface area contributed by atoms with Crippen molar-refractivity contribution in [2.45, 2.75) is 58.4 Å². The van der Waals surface area contributed by atoms with E-state index in [1.165, 1.54) is 25.7 Å². The van der Waals surface area contributed by atoms with Crippen LogP contribution in [0.3, 0.4) is 0 Å². The minimum atomic E-state index is -0.104. The first-order valence-corrected chi connectivity index (χ1v) is 8.43. The highest BCUT2D eigenvalue weighted by molar-refractivity contribution is 5.54. The molecule has 2 N–H and O–H groups in total. The highest BCUT2D eigenvalue weighted by Gasteiger charge is 2.20. The molecule has 1 saturated heterocycles. The maximum atomic E-state index is 14.3. The quantitative estimate of drug-likeness (QED) is 0.884. The van der Waals surface area contributed by atoms with Gasteiger partial charge in [0.05, 0.1) is 0 Å². The number of rotatable bonds is 5. The predicted molar refractivity (Wildman–Crippen MR) is 88.2 cm³/mol. The lowest BCUT2D eigenvalue weighted by atomic mass is 9.98. The molecule has 2 unspecified atom stereocenters. The summed E-state index contributed by atoms with van der Waals surface area (Å²) in [5.41, 5.74) is 7.93. The van der Waals surface area contributed by atoms with Crippen LogP contribution in [-0.2, 0) is 6.42 Å². The fourth-order valence-corrected chi connectivity index (χ4v) is 3.27. The molecule has 0 radical (unpaired) electrons. The van der Waals surface area contributed by atoms with Gasteiger partial charge < -0.3 is 10.6 Å². The smallest absolute Gasteiger partial charge is 0.128 e. The molecule has 1 aliphatic heterocycles. The lowest BCUT2D eigenvalue weighted by Crippen LogP contribution is -2.28. The van der Waals surface area contributed by atoms with Crippen molar-refractivity contribution in [1.29, 1.82) is 0 Å². The van der Waals surface area contributed by atoms with Crippen molar-refractivity contribution in [3.63, 3.8) is 0 Å². The maximum Gasteiger partial charge on any atom is 0.128 e. The Morgan fingerprint density at radius 2 is 2.10 bits per heavy atom. The summed E-state index contributed by atoms with van der Waals surface area (Å²) < 4.78 is 14.3. The summed E-state index contributed by atoms with van der Waals surface area (Å²) in [6.45, 7) is 6.40. The second kappa shape index (κ2) is 7.79. The average molecular weight is 292 g/mol. The number of hydrogen-bond acceptors (Lipinski definition) is 2. The van der Waals surface area contributed by atoms with Gasteiger partial charge in [0.15, 0.2) is 0 Å². The molecule has 118 valence electrons. The minimum absolute atomic E-state index is 0.0380. The first-order chi connectivity index (χ1) is 10.2. The number of hydrogen-bond donors (Lipinski definition) is 1. The van der Waals surface area contributed by atoms with Gasteiger partial charge in [-0.3, -0.25) is 0 Å². The van der Waals surface area contributed by atoms with E-state index < -0.39 is 0 Å². The summed E-state index contributed by atoms with van der Waals surface area (Å²) in [5, 5.41) is 0. The van der Waals surface area contributed by atoms with E-state index in [1.54, 1.807) is 6.07 Å². The van der Waals surface area contributed by atoms with Crippen LogP contribution in [0.4, 0.5) is 10.1 Å². The third-order valence-corrected chi connectivity index (χ3v) is 4.85. The van der Waals surface area contributed by atoms with Crippen LogP contribution in [0.1, 0.15) is 51.5 Å². The van der Waals surface area contributed by atoms with Crippen LogP contribution in [0.5, 0.6) is 0 Å². The van der Waals surface area contributed by atoms with Gasteiger partial charge in [-0.05, 0) is 50.2 Å². The second-order valence-corrected chi connectivity index (χ2v) is 6.30. The topological polar surface area (TPSA) is 29.3 Å². The van der Waals surface area contributed by atoms with Crippen molar-refractivity contribution in [2.75, 3.05) is 18.0 Å². The standard InChI is InChI=1S/C18H29FN2/c1-3-14-7-6-11-21(12-10-14)18-9-5-8-17(19)16(18)13-15(20)4-2/h5,8-9,14-15H,3-4,6-7,10-13,20H2,1-2H3. The van der Waals surface area contributed by atoms with Crippen molar-refractivity contribution in [3.05, 3.63) is 29.6 Å². The lowest BCUT2D eigenvalue weighted by molar-refractivity contribution is 0.459. The molecule has 0 amide bonds. The fourth-order valence-electron chi connectivity index (χ4n) is 3.27. The zero-order chi connectivity index (χ0) is 15.2. The van der Waals surface area contributed by atoms with Gasteiger partial charge in [-0.15, -0.1) is 0 Å². The third-order valence-electron chi connectivity index (χ3n) is 4.85. The van der Waals surface area contributed by atoms with Gasteiger partial charge in [0.2, 0.25) is 0 Å². The van der Waals surface area contributed by atoms with E-state index in [9.17, 15) is 4.39 Å². The molecule has 2 nitrogen and oxygen atoms in total. The fraction of sp³-hybridized carbons (Fsp3) is 0.667. The van der Waals surface area contributed by atoms with E-state index in [1.807, 2.05) is 6.07 Å². The zero-order valence-corrected chi connectivity index (χ0v) is 13.4. The molecule has 2 atom stereocenters. The monoisotopic (exact) mass is 292 g/mol. The number of benzene rings is 1. The van der Waals surface area contributed by atoms with Gasteiger partial charge in [-0.1, -0.05) is 26.3 Å². The van der Waals surface area contributed by atoms with Crippen molar-refractivity contribution in [3.8, 4) is 0 Å². The Morgan fingerprint density at radius 3 is 2.81 bits per heavy atom. The SMILES string of the molecule is CCC(N)Cc1c(F)cccc1N1CCCC(CC)CC1. The Bertz CT molecular complexity index is 447. The molecule has 0 bridgehead atoms. The summed E-state index contributed by atoms with van der Waals surface area (Å²) in [5.74, 6) is 0.720. The second-order valence-electron chi connectivity index (χ2n) is 6.30. The first-order valence-electron chi connectivity index (χ1n) is 8.43. The van der Waals surface area contributed by atoms with E-state index in [2.05, 4.69) is 24.8 Å². The van der Waals surface area contributed by atoms with E-state index in [-0.39, 0.29) is 11.9 Å². The molecule has 0 spiro atoms. The Balaban J connectivity index is 2.20. The molecule has 21 heavy (non-hydrogen) atoms. The molecular formula is C18H29FN2. The van der Waals surface area contributed by atoms with Gasteiger partial charge in [0.25, 0.3) is 0 Å². The van der Waals surface area contributed by atoms with Crippen molar-refractivity contribution in [2.24, 2.45) is 11.7 Å². The van der Waals surface area contributed by atoms with Crippen LogP contribution in [0, 0.1) is 11.7 Å². The van der Waals surface area contributed by atoms with Crippen LogP contribution < -0.4 is 10.6 Å². The lowest BCUT2D eigenvalue weighted by Gasteiger charge is -2.27. The Morgan fingerprint density at radius 1 is 1.29 bits per heavy atom. The molecule has 1 fully saturated rings. The maximum absolute atomic E-state index is 14.3. The summed E-state index contributed by atoms with van der Waals surface area (Å²) in [7, 11) is 0. The molecule has 2 rings (SSSR count). The molecule has 0 aliphatic carbocycles. The molecule has 1 aromatic rings. The van der Waals surface area contributed by atoms with Gasteiger partial charge in [-0.25, -0.2) is 4.39 Å². The molecule has 0 saturated carbocycles. The highest BCUT2D eigenvalue weighted by atomic mass is 19.1. The first kappa shape index (κ1) is 16.3. The number of nitrogens with two attached hydrogens (primary N) is 1. The Kier molecular flexibility index (Phi) is 6.04. The Labute approximate surface area is 128 Å². The highest BCUT2D eigenvalue weighted by Crippen LogP contribution is 2.29. The number of nitrogens with zero attached hydrogens (tertiary/aromatic N) is 1. The molecule has 1 aromatic carbocycles. The van der Waals surface area contributed by atoms with E-state index in [0.29, 0.717) is 6.42 Å². The van der Waals surface area contributed by atoms with Crippen molar-refractivity contribution < 1.29 is 4.39 Å². The Hall–Kier alpha value is -1.09. The summed E-state index contributed by atoms with van der Waals surface area (Å²) in [4.78, 5) is 2.37. The molecule has 1 heterocycles. The molecule has 0 aromatic heterocycles. The summed E-state index contributed by atoms with van der Waals surface area (Å²) in [6, 6.07) is 5.49. The zero-order valence-electron chi connectivity index (χ0n) is 13.4. The predicted octanol–water partition coefficient (Wildman–Crippen LogP) is 4.12. The number of anilines is 1. The minimum Gasteiger partial charge on any atom is -0.371 e. The van der Waals surface area contributed by atoms with E-state index in [4.69, 9.17) is 5.73 Å². The van der Waals surface area contributed by atoms with Crippen LogP contribution in [0.25, 0.3) is 0 Å². The summed E-state index contributed by atoms with van der Waals surface area (Å²) >= 11 is 0. The third kappa shape index (κ3) is 4.19.